The van der Waals surface area contributed by atoms with Crippen LogP contribution in [0.15, 0.2) is 11.5 Å². The van der Waals surface area contributed by atoms with Crippen LogP contribution in [0.2, 0.25) is 0 Å². The van der Waals surface area contributed by atoms with E-state index in [0.717, 1.165) is 6.92 Å². The molecule has 0 aromatic heterocycles. The number of hydrogen-bond acceptors (Lipinski definition) is 7. The molecule has 2 unspecified atom stereocenters. The van der Waals surface area contributed by atoms with Crippen molar-refractivity contribution in [1.82, 2.24) is 0 Å². The summed E-state index contributed by atoms with van der Waals surface area (Å²) < 4.78 is 8.87. The van der Waals surface area contributed by atoms with Crippen LogP contribution in [0.3, 0.4) is 0 Å². The average Bonchev–Trinajstić information content (AvgIpc) is 2.44. The van der Waals surface area contributed by atoms with Gasteiger partial charge in [0.15, 0.2) is 11.9 Å². The lowest BCUT2D eigenvalue weighted by molar-refractivity contribution is -0.303. The molecule has 0 amide bonds. The van der Waals surface area contributed by atoms with Gasteiger partial charge >= 0.3 is 11.9 Å². The molecule has 1 aliphatic rings. The molecule has 84 valence electrons. The highest BCUT2D eigenvalue weighted by Gasteiger charge is 2.36. The number of carbonyl (C=O) groups is 2. The van der Waals surface area contributed by atoms with Gasteiger partial charge in [-0.05, 0) is 0 Å². The summed E-state index contributed by atoms with van der Waals surface area (Å²) in [5.41, 5.74) is 0. The molecule has 2 atom stereocenters. The molecule has 0 saturated carbocycles. The first-order valence-corrected chi connectivity index (χ1v) is 4.07. The Morgan fingerprint density at radius 3 is 2.80 bits per heavy atom. The van der Waals surface area contributed by atoms with Gasteiger partial charge in [0, 0.05) is 12.7 Å². The Morgan fingerprint density at radius 2 is 2.33 bits per heavy atom. The predicted octanol–water partition coefficient (Wildman–Crippen LogP) is -2.60. The van der Waals surface area contributed by atoms with Crippen LogP contribution < -0.4 is 5.11 Å². The van der Waals surface area contributed by atoms with E-state index < -0.39 is 42.3 Å². The molecule has 0 spiro atoms. The highest BCUT2D eigenvalue weighted by Crippen LogP contribution is 2.23. The molecule has 0 aromatic rings. The number of carbonyl (C=O) groups excluding carboxylic acids is 2. The van der Waals surface area contributed by atoms with Crippen molar-refractivity contribution in [3.63, 3.8) is 0 Å². The summed E-state index contributed by atoms with van der Waals surface area (Å²) in [6, 6.07) is 0. The van der Waals surface area contributed by atoms with Crippen LogP contribution in [0, 0.1) is 0 Å². The molecule has 2 N–H and O–H groups in total. The van der Waals surface area contributed by atoms with Gasteiger partial charge in [0.1, 0.15) is 6.10 Å². The maximum Gasteiger partial charge on any atom is 0.327 e. The molecule has 7 heteroatoms. The van der Waals surface area contributed by atoms with E-state index in [2.05, 4.69) is 9.47 Å². The summed E-state index contributed by atoms with van der Waals surface area (Å²) in [4.78, 5) is 21.4. The Kier molecular flexibility index (Phi) is 3.28. The summed E-state index contributed by atoms with van der Waals surface area (Å²) in [5.74, 6) is -3.74. The normalized spacial score (nSPS) is 22.6. The number of aliphatic hydroxyl groups excluding tert-OH is 2. The fourth-order valence-corrected chi connectivity index (χ4v) is 1.06. The Labute approximate surface area is 84.5 Å². The third-order valence-electron chi connectivity index (χ3n) is 1.69. The lowest BCUT2D eigenvalue weighted by Crippen LogP contribution is -2.32. The maximum absolute atomic E-state index is 11.1. The Morgan fingerprint density at radius 1 is 1.73 bits per heavy atom. The summed E-state index contributed by atoms with van der Waals surface area (Å²) in [6.07, 6.45) is -2.91. The molecule has 0 aromatic carbocycles. The molecular formula is C8H9O7-. The molecule has 0 bridgehead atoms. The number of hydrogen-bond donors (Lipinski definition) is 2. The van der Waals surface area contributed by atoms with Gasteiger partial charge in [-0.3, -0.25) is 4.79 Å². The second-order valence-electron chi connectivity index (χ2n) is 2.86. The second kappa shape index (κ2) is 4.28. The third-order valence-corrected chi connectivity index (χ3v) is 1.69. The number of cyclic esters (lactones) is 1. The van der Waals surface area contributed by atoms with Gasteiger partial charge in [-0.25, -0.2) is 4.79 Å². The van der Waals surface area contributed by atoms with Gasteiger partial charge < -0.3 is 24.8 Å². The van der Waals surface area contributed by atoms with Crippen LogP contribution in [-0.4, -0.2) is 41.0 Å². The molecular weight excluding hydrogens is 208 g/mol. The molecule has 0 aliphatic carbocycles. The summed E-state index contributed by atoms with van der Waals surface area (Å²) >= 11 is 0. The summed E-state index contributed by atoms with van der Waals surface area (Å²) in [7, 11) is 0. The molecule has 15 heavy (non-hydrogen) atoms. The van der Waals surface area contributed by atoms with E-state index in [9.17, 15) is 19.8 Å². The van der Waals surface area contributed by atoms with E-state index in [1.165, 1.54) is 0 Å². The number of rotatable bonds is 3. The lowest BCUT2D eigenvalue weighted by atomic mass is 10.2. The smallest absolute Gasteiger partial charge is 0.327 e. The minimum absolute atomic E-state index is 0.589. The molecule has 7 nitrogen and oxygen atoms in total. The predicted molar refractivity (Wildman–Crippen MR) is 41.8 cm³/mol. The Bertz CT molecular complexity index is 319. The highest BCUT2D eigenvalue weighted by molar-refractivity contribution is 5.89. The second-order valence-corrected chi connectivity index (χ2v) is 2.86. The van der Waals surface area contributed by atoms with Crippen LogP contribution in [-0.2, 0) is 19.1 Å². The van der Waals surface area contributed by atoms with Crippen molar-refractivity contribution in [2.45, 2.75) is 19.1 Å². The molecule has 0 saturated heterocycles. The largest absolute Gasteiger partial charge is 0.865 e. The van der Waals surface area contributed by atoms with Gasteiger partial charge in [0.05, 0.1) is 6.61 Å². The van der Waals surface area contributed by atoms with Crippen molar-refractivity contribution in [1.29, 1.82) is 0 Å². The number of ether oxygens (including phenoxy) is 2. The van der Waals surface area contributed by atoms with Crippen molar-refractivity contribution in [2.75, 3.05) is 6.61 Å². The van der Waals surface area contributed by atoms with Crippen LogP contribution in [0.25, 0.3) is 0 Å². The average molecular weight is 217 g/mol. The number of aliphatic hydroxyl groups is 2. The van der Waals surface area contributed by atoms with Gasteiger partial charge in [-0.15, -0.1) is 0 Å². The zero-order chi connectivity index (χ0) is 11.6. The van der Waals surface area contributed by atoms with Gasteiger partial charge in [-0.1, -0.05) is 0 Å². The van der Waals surface area contributed by atoms with Gasteiger partial charge in [0.25, 0.3) is 0 Å². The number of esters is 2. The molecule has 0 radical (unpaired) electrons. The SMILES string of the molecule is CC(=O)OC1=C([O-])C(=O)OC1C(O)CO. The lowest BCUT2D eigenvalue weighted by Gasteiger charge is -2.17. The van der Waals surface area contributed by atoms with Crippen LogP contribution in [0.1, 0.15) is 6.92 Å². The first kappa shape index (κ1) is 11.5. The zero-order valence-corrected chi connectivity index (χ0v) is 7.80. The summed E-state index contributed by atoms with van der Waals surface area (Å²) in [6.45, 7) is 0.307. The summed E-state index contributed by atoms with van der Waals surface area (Å²) in [5, 5.41) is 28.9. The third kappa shape index (κ3) is 2.25. The van der Waals surface area contributed by atoms with E-state index in [0.29, 0.717) is 0 Å². The zero-order valence-electron chi connectivity index (χ0n) is 7.80. The van der Waals surface area contributed by atoms with Gasteiger partial charge in [-0.2, -0.15) is 0 Å². The van der Waals surface area contributed by atoms with Crippen molar-refractivity contribution in [3.05, 3.63) is 11.5 Å². The van der Waals surface area contributed by atoms with Crippen LogP contribution in [0.4, 0.5) is 0 Å². The van der Waals surface area contributed by atoms with Crippen LogP contribution in [0.5, 0.6) is 0 Å². The van der Waals surface area contributed by atoms with E-state index in [1.54, 1.807) is 0 Å². The fourth-order valence-electron chi connectivity index (χ4n) is 1.06. The molecule has 1 rings (SSSR count). The van der Waals surface area contributed by atoms with Crippen molar-refractivity contribution < 1.29 is 34.4 Å². The fraction of sp³-hybridized carbons (Fsp3) is 0.500. The Balaban J connectivity index is 2.92. The first-order valence-electron chi connectivity index (χ1n) is 4.07. The van der Waals surface area contributed by atoms with Crippen molar-refractivity contribution in [2.24, 2.45) is 0 Å². The van der Waals surface area contributed by atoms with E-state index in [4.69, 9.17) is 5.11 Å². The topological polar surface area (TPSA) is 116 Å². The van der Waals surface area contributed by atoms with Crippen molar-refractivity contribution >= 4 is 11.9 Å². The standard InChI is InChI=1S/C8H10O7/c1-3(10)14-7-5(12)8(13)15-6(7)4(11)2-9/h4,6,9,11-12H,2H2,1H3/p-1. The van der Waals surface area contributed by atoms with E-state index in [1.807, 2.05) is 0 Å². The quantitative estimate of drug-likeness (QED) is 0.498. The minimum atomic E-state index is -1.49. The first-order chi connectivity index (χ1) is 6.97. The maximum atomic E-state index is 11.1. The molecule has 1 aliphatic heterocycles. The van der Waals surface area contributed by atoms with Crippen molar-refractivity contribution in [3.8, 4) is 0 Å². The van der Waals surface area contributed by atoms with E-state index >= 15 is 0 Å². The monoisotopic (exact) mass is 217 g/mol. The highest BCUT2D eigenvalue weighted by atomic mass is 16.6. The Hall–Kier alpha value is -1.60. The minimum Gasteiger partial charge on any atom is -0.865 e. The van der Waals surface area contributed by atoms with Crippen LogP contribution >= 0.6 is 0 Å². The molecule has 0 fully saturated rings. The molecule has 1 heterocycles. The van der Waals surface area contributed by atoms with E-state index in [-0.39, 0.29) is 0 Å². The van der Waals surface area contributed by atoms with Gasteiger partial charge in [0.2, 0.25) is 0 Å².